The third-order valence-corrected chi connectivity index (χ3v) is 7.65. The summed E-state index contributed by atoms with van der Waals surface area (Å²) in [6, 6.07) is 10.1. The topological polar surface area (TPSA) is 130 Å². The second-order valence-electron chi connectivity index (χ2n) is 10.9. The molecule has 0 bridgehead atoms. The van der Waals surface area contributed by atoms with Crippen LogP contribution < -0.4 is 25.8 Å². The van der Waals surface area contributed by atoms with Gasteiger partial charge >= 0.3 is 6.18 Å². The van der Waals surface area contributed by atoms with Crippen molar-refractivity contribution in [2.75, 3.05) is 17.2 Å². The van der Waals surface area contributed by atoms with Crippen molar-refractivity contribution >= 4 is 41.7 Å². The van der Waals surface area contributed by atoms with Crippen LogP contribution in [0.5, 0.6) is 17.2 Å². The highest BCUT2D eigenvalue weighted by Crippen LogP contribution is 2.44. The molecule has 0 saturated carbocycles. The second kappa shape index (κ2) is 13.5. The van der Waals surface area contributed by atoms with Gasteiger partial charge in [-0.25, -0.2) is 0 Å². The average Bonchev–Trinajstić information content (AvgIpc) is 2.94. The van der Waals surface area contributed by atoms with Gasteiger partial charge in [0.2, 0.25) is 5.91 Å². The summed E-state index contributed by atoms with van der Waals surface area (Å²) in [6.45, 7) is 7.45. The highest BCUT2D eigenvalue weighted by molar-refractivity contribution is 6.02. The number of guanidine groups is 1. The Bertz CT molecular complexity index is 1580. The third kappa shape index (κ3) is 7.96. The molecule has 0 fully saturated rings. The van der Waals surface area contributed by atoms with Gasteiger partial charge in [-0.05, 0) is 99.2 Å². The Balaban J connectivity index is 0.00000529. The Morgan fingerprint density at radius 2 is 1.75 bits per heavy atom. The van der Waals surface area contributed by atoms with E-state index in [1.54, 1.807) is 24.3 Å². The van der Waals surface area contributed by atoms with Gasteiger partial charge in [0.15, 0.2) is 5.96 Å². The highest BCUT2D eigenvalue weighted by Gasteiger charge is 2.37. The van der Waals surface area contributed by atoms with Crippen LogP contribution in [0, 0.1) is 26.2 Å². The monoisotopic (exact) mass is 632 g/mol. The number of fused-ring (bicyclic) bond motifs is 1. The Morgan fingerprint density at radius 1 is 1.09 bits per heavy atom. The molecule has 8 nitrogen and oxygen atoms in total. The van der Waals surface area contributed by atoms with Crippen molar-refractivity contribution in [2.24, 2.45) is 5.73 Å². The summed E-state index contributed by atoms with van der Waals surface area (Å²) in [4.78, 5) is 12.4. The van der Waals surface area contributed by atoms with E-state index < -0.39 is 23.2 Å². The molecule has 0 aromatic heterocycles. The van der Waals surface area contributed by atoms with Gasteiger partial charge in [0.1, 0.15) is 22.8 Å². The molecule has 3 aromatic carbocycles. The molecule has 6 N–H and O–H groups in total. The predicted molar refractivity (Wildman–Crippen MR) is 168 cm³/mol. The zero-order valence-corrected chi connectivity index (χ0v) is 25.6. The molecule has 4 rings (SSSR count). The van der Waals surface area contributed by atoms with Crippen molar-refractivity contribution in [1.82, 2.24) is 0 Å². The van der Waals surface area contributed by atoms with Crippen LogP contribution in [-0.2, 0) is 17.4 Å². The van der Waals surface area contributed by atoms with Crippen LogP contribution in [0.3, 0.4) is 0 Å². The molecule has 236 valence electrons. The molecule has 1 aliphatic heterocycles. The summed E-state index contributed by atoms with van der Waals surface area (Å²) in [7, 11) is 0. The highest BCUT2D eigenvalue weighted by atomic mass is 35.5. The maximum Gasteiger partial charge on any atom is 0.420 e. The minimum Gasteiger partial charge on any atom is -0.507 e. The van der Waals surface area contributed by atoms with Gasteiger partial charge in [0.25, 0.3) is 0 Å². The number of hydrogen-bond donors (Lipinski definition) is 5. The van der Waals surface area contributed by atoms with Gasteiger partial charge in [-0.2, -0.15) is 13.2 Å². The van der Waals surface area contributed by atoms with Crippen molar-refractivity contribution < 1.29 is 32.5 Å². The molecule has 0 spiro atoms. The minimum atomic E-state index is -4.71. The zero-order chi connectivity index (χ0) is 31.5. The maximum atomic E-state index is 13.9. The number of hydrogen-bond acceptors (Lipinski definition) is 5. The Morgan fingerprint density at radius 3 is 2.39 bits per heavy atom. The number of ether oxygens (including phenoxy) is 2. The van der Waals surface area contributed by atoms with E-state index in [4.69, 9.17) is 20.6 Å². The number of rotatable bonds is 8. The first-order valence-corrected chi connectivity index (χ1v) is 13.7. The molecule has 1 amide bonds. The number of benzene rings is 3. The third-order valence-electron chi connectivity index (χ3n) is 7.65. The van der Waals surface area contributed by atoms with E-state index in [1.807, 2.05) is 27.7 Å². The molecular weight excluding hydrogens is 597 g/mol. The smallest absolute Gasteiger partial charge is 0.420 e. The van der Waals surface area contributed by atoms with Gasteiger partial charge in [0, 0.05) is 29.4 Å². The summed E-state index contributed by atoms with van der Waals surface area (Å²) in [6.07, 6.45) is -0.354. The molecule has 3 aromatic rings. The minimum absolute atomic E-state index is 0. The van der Waals surface area contributed by atoms with Crippen LogP contribution in [0.2, 0.25) is 0 Å². The normalized spacial score (nSPS) is 16.0. The van der Waals surface area contributed by atoms with E-state index in [-0.39, 0.29) is 42.2 Å². The van der Waals surface area contributed by atoms with E-state index in [0.717, 1.165) is 28.3 Å². The van der Waals surface area contributed by atoms with Gasteiger partial charge in [-0.15, -0.1) is 12.4 Å². The van der Waals surface area contributed by atoms with E-state index in [0.29, 0.717) is 36.3 Å². The number of nitrogens with one attached hydrogen (secondary N) is 3. The lowest BCUT2D eigenvalue weighted by Crippen LogP contribution is -2.38. The predicted octanol–water partition coefficient (Wildman–Crippen LogP) is 7.27. The van der Waals surface area contributed by atoms with Crippen LogP contribution >= 0.6 is 12.4 Å². The Kier molecular flexibility index (Phi) is 10.5. The van der Waals surface area contributed by atoms with E-state index >= 15 is 0 Å². The van der Waals surface area contributed by atoms with Crippen LogP contribution in [0.4, 0.5) is 24.5 Å². The van der Waals surface area contributed by atoms with Crippen molar-refractivity contribution in [2.45, 2.75) is 58.7 Å². The molecule has 0 saturated heterocycles. The molecule has 0 radical (unpaired) electrons. The van der Waals surface area contributed by atoms with Crippen LogP contribution in [0.15, 0.2) is 48.5 Å². The van der Waals surface area contributed by atoms with E-state index in [9.17, 15) is 23.1 Å². The summed E-state index contributed by atoms with van der Waals surface area (Å²) < 4.78 is 53.8. The number of phenols is 1. The first-order chi connectivity index (χ1) is 20.2. The van der Waals surface area contributed by atoms with E-state index in [2.05, 4.69) is 10.6 Å². The van der Waals surface area contributed by atoms with E-state index in [1.165, 1.54) is 24.3 Å². The summed E-state index contributed by atoms with van der Waals surface area (Å²) in [5, 5.41) is 22.7. The SMILES string of the molecule is Cc1c(C)c2c(c(C)c1O)CCC(C)(CCOc1ccc(NC(=O)C=Cc3ccc(NC(=N)N)cc3)cc1C(F)(F)F)O2.Cl. The van der Waals surface area contributed by atoms with Crippen LogP contribution in [0.1, 0.15) is 53.1 Å². The summed E-state index contributed by atoms with van der Waals surface area (Å²) >= 11 is 0. The number of carbonyl (C=O) groups is 1. The fourth-order valence-corrected chi connectivity index (χ4v) is 4.99. The summed E-state index contributed by atoms with van der Waals surface area (Å²) in [5.74, 6) is -0.179. The van der Waals surface area contributed by atoms with Crippen LogP contribution in [-0.4, -0.2) is 29.2 Å². The summed E-state index contributed by atoms with van der Waals surface area (Å²) in [5.41, 5.74) is 8.19. The number of aromatic hydroxyl groups is 1. The molecule has 0 aliphatic carbocycles. The molecular formula is C32H36ClF3N4O4. The first kappa shape index (κ1) is 34.1. The number of halogens is 4. The largest absolute Gasteiger partial charge is 0.507 e. The number of nitrogens with two attached hydrogens (primary N) is 1. The first-order valence-electron chi connectivity index (χ1n) is 13.7. The van der Waals surface area contributed by atoms with Gasteiger partial charge in [0.05, 0.1) is 12.2 Å². The number of anilines is 2. The standard InChI is InChI=1S/C32H35F3N4O4.ClH/c1-18-19(2)29-24(20(3)28(18)41)13-14-31(4,43-29)15-16-42-26-11-10-23(17-25(26)32(33,34)35)38-27(40)12-7-21-5-8-22(9-6-21)39-30(36)37;/h5-12,17,41H,13-16H2,1-4H3,(H,38,40)(H4,36,37,39);1H. The number of phenolic OH excluding ortho intramolecular Hbond substituents is 1. The number of amides is 1. The molecule has 1 atom stereocenters. The maximum absolute atomic E-state index is 13.9. The molecule has 1 aliphatic rings. The lowest BCUT2D eigenvalue weighted by atomic mass is 9.86. The van der Waals surface area contributed by atoms with Crippen molar-refractivity contribution in [1.29, 1.82) is 5.41 Å². The molecule has 12 heteroatoms. The second-order valence-corrected chi connectivity index (χ2v) is 10.9. The fraction of sp³-hybridized carbons (Fsp3) is 0.312. The lowest BCUT2D eigenvalue weighted by Gasteiger charge is -2.38. The quantitative estimate of drug-likeness (QED) is 0.101. The van der Waals surface area contributed by atoms with Crippen LogP contribution in [0.25, 0.3) is 6.08 Å². The molecule has 1 unspecified atom stereocenters. The average molecular weight is 633 g/mol. The Hall–Kier alpha value is -4.38. The molecule has 1 heterocycles. The number of alkyl halides is 3. The van der Waals surface area contributed by atoms with Gasteiger partial charge in [-0.3, -0.25) is 10.2 Å². The number of carbonyl (C=O) groups excluding carboxylic acids is 1. The fourth-order valence-electron chi connectivity index (χ4n) is 4.99. The van der Waals surface area contributed by atoms with Gasteiger partial charge < -0.3 is 30.9 Å². The van der Waals surface area contributed by atoms with Crippen molar-refractivity contribution in [3.05, 3.63) is 81.9 Å². The lowest BCUT2D eigenvalue weighted by molar-refractivity contribution is -0.139. The molecule has 44 heavy (non-hydrogen) atoms. The zero-order valence-electron chi connectivity index (χ0n) is 24.8. The van der Waals surface area contributed by atoms with Gasteiger partial charge in [-0.1, -0.05) is 12.1 Å². The Labute approximate surface area is 260 Å². The van der Waals surface area contributed by atoms with Crippen molar-refractivity contribution in [3.63, 3.8) is 0 Å². The van der Waals surface area contributed by atoms with Crippen molar-refractivity contribution in [3.8, 4) is 17.2 Å².